The number of nitrogens with zero attached hydrogens (tertiary/aromatic N) is 2. The zero-order valence-corrected chi connectivity index (χ0v) is 13.1. The SMILES string of the molecule is NC(=O)c1ccc(CSc2nnc(C3CCCCC3)o2)cc1. The summed E-state index contributed by atoms with van der Waals surface area (Å²) in [5.74, 6) is 1.54. The van der Waals surface area contributed by atoms with Gasteiger partial charge in [0.15, 0.2) is 0 Å². The molecule has 0 aliphatic heterocycles. The van der Waals surface area contributed by atoms with Gasteiger partial charge in [-0.15, -0.1) is 10.2 Å². The summed E-state index contributed by atoms with van der Waals surface area (Å²) < 4.78 is 5.77. The van der Waals surface area contributed by atoms with Crippen molar-refractivity contribution in [1.29, 1.82) is 0 Å². The standard InChI is InChI=1S/C16H19N3O2S/c17-14(20)12-8-6-11(7-9-12)10-22-16-19-18-15(21-16)13-4-2-1-3-5-13/h6-9,13H,1-5,10H2,(H2,17,20). The van der Waals surface area contributed by atoms with Crippen LogP contribution in [0.25, 0.3) is 0 Å². The fraction of sp³-hybridized carbons (Fsp3) is 0.438. The summed E-state index contributed by atoms with van der Waals surface area (Å²) in [6.45, 7) is 0. The minimum absolute atomic E-state index is 0.409. The monoisotopic (exact) mass is 317 g/mol. The number of benzene rings is 1. The molecule has 1 heterocycles. The molecule has 5 nitrogen and oxygen atoms in total. The van der Waals surface area contributed by atoms with E-state index in [1.54, 1.807) is 12.1 Å². The van der Waals surface area contributed by atoms with Crippen LogP contribution in [0.3, 0.4) is 0 Å². The lowest BCUT2D eigenvalue weighted by Gasteiger charge is -2.17. The van der Waals surface area contributed by atoms with Crippen LogP contribution in [0.1, 0.15) is 59.8 Å². The summed E-state index contributed by atoms with van der Waals surface area (Å²) in [7, 11) is 0. The van der Waals surface area contributed by atoms with Crippen LogP contribution in [0.5, 0.6) is 0 Å². The van der Waals surface area contributed by atoms with E-state index in [1.807, 2.05) is 12.1 Å². The van der Waals surface area contributed by atoms with E-state index < -0.39 is 5.91 Å². The number of primary amides is 1. The lowest BCUT2D eigenvalue weighted by Crippen LogP contribution is -2.10. The van der Waals surface area contributed by atoms with E-state index in [9.17, 15) is 4.79 Å². The van der Waals surface area contributed by atoms with Crippen LogP contribution in [0, 0.1) is 0 Å². The Balaban J connectivity index is 1.57. The Bertz CT molecular complexity index is 633. The molecule has 1 aromatic carbocycles. The molecule has 6 heteroatoms. The molecule has 1 saturated carbocycles. The first-order chi connectivity index (χ1) is 10.7. The van der Waals surface area contributed by atoms with E-state index in [0.29, 0.717) is 16.7 Å². The van der Waals surface area contributed by atoms with Crippen LogP contribution in [0.2, 0.25) is 0 Å². The molecule has 0 unspecified atom stereocenters. The number of hydrogen-bond donors (Lipinski definition) is 1. The predicted octanol–water partition coefficient (Wildman–Crippen LogP) is 3.51. The van der Waals surface area contributed by atoms with E-state index in [2.05, 4.69) is 10.2 Å². The molecule has 3 rings (SSSR count). The highest BCUT2D eigenvalue weighted by Gasteiger charge is 2.21. The first-order valence-corrected chi connectivity index (χ1v) is 8.56. The highest BCUT2D eigenvalue weighted by molar-refractivity contribution is 7.98. The molecule has 2 aromatic rings. The number of nitrogens with two attached hydrogens (primary N) is 1. The van der Waals surface area contributed by atoms with Crippen LogP contribution in [0.4, 0.5) is 0 Å². The van der Waals surface area contributed by atoms with Crippen molar-refractivity contribution < 1.29 is 9.21 Å². The number of aromatic nitrogens is 2. The average Bonchev–Trinajstić information content (AvgIpc) is 3.03. The predicted molar refractivity (Wildman–Crippen MR) is 84.6 cm³/mol. The first-order valence-electron chi connectivity index (χ1n) is 7.57. The number of carbonyl (C=O) groups is 1. The van der Waals surface area contributed by atoms with Crippen LogP contribution >= 0.6 is 11.8 Å². The molecule has 1 fully saturated rings. The van der Waals surface area contributed by atoms with Gasteiger partial charge in [-0.25, -0.2) is 0 Å². The summed E-state index contributed by atoms with van der Waals surface area (Å²) in [5.41, 5.74) is 6.83. The van der Waals surface area contributed by atoms with E-state index in [4.69, 9.17) is 10.2 Å². The molecule has 0 spiro atoms. The fourth-order valence-corrected chi connectivity index (χ4v) is 3.43. The van der Waals surface area contributed by atoms with Gasteiger partial charge in [0.2, 0.25) is 11.8 Å². The van der Waals surface area contributed by atoms with Gasteiger partial charge in [0, 0.05) is 17.2 Å². The van der Waals surface area contributed by atoms with Crippen LogP contribution in [0.15, 0.2) is 33.9 Å². The van der Waals surface area contributed by atoms with E-state index in [-0.39, 0.29) is 0 Å². The van der Waals surface area contributed by atoms with Crippen molar-refractivity contribution in [2.24, 2.45) is 5.73 Å². The molecule has 0 atom stereocenters. The quantitative estimate of drug-likeness (QED) is 0.853. The van der Waals surface area contributed by atoms with Crippen LogP contribution < -0.4 is 5.73 Å². The maximum Gasteiger partial charge on any atom is 0.276 e. The third-order valence-corrected chi connectivity index (χ3v) is 4.87. The van der Waals surface area contributed by atoms with Crippen molar-refractivity contribution in [3.05, 3.63) is 41.3 Å². The molecule has 1 amide bonds. The third kappa shape index (κ3) is 3.68. The largest absolute Gasteiger partial charge is 0.416 e. The van der Waals surface area contributed by atoms with Gasteiger partial charge in [-0.2, -0.15) is 0 Å². The highest BCUT2D eigenvalue weighted by Crippen LogP contribution is 2.33. The van der Waals surface area contributed by atoms with Crippen molar-refractivity contribution in [2.75, 3.05) is 0 Å². The Hall–Kier alpha value is -1.82. The minimum Gasteiger partial charge on any atom is -0.416 e. The van der Waals surface area contributed by atoms with Crippen molar-refractivity contribution in [3.63, 3.8) is 0 Å². The van der Waals surface area contributed by atoms with Crippen molar-refractivity contribution in [1.82, 2.24) is 10.2 Å². The maximum absolute atomic E-state index is 11.0. The van der Waals surface area contributed by atoms with Gasteiger partial charge in [-0.3, -0.25) is 4.79 Å². The molecular weight excluding hydrogens is 298 g/mol. The molecule has 116 valence electrons. The van der Waals surface area contributed by atoms with Gasteiger partial charge < -0.3 is 10.2 Å². The van der Waals surface area contributed by atoms with Gasteiger partial charge in [-0.05, 0) is 30.5 Å². The zero-order chi connectivity index (χ0) is 15.4. The zero-order valence-electron chi connectivity index (χ0n) is 12.3. The number of rotatable bonds is 5. The Kier molecular flexibility index (Phi) is 4.77. The molecule has 0 saturated heterocycles. The van der Waals surface area contributed by atoms with Crippen LogP contribution in [-0.2, 0) is 5.75 Å². The van der Waals surface area contributed by atoms with Crippen molar-refractivity contribution in [3.8, 4) is 0 Å². The number of carbonyl (C=O) groups excluding carboxylic acids is 1. The lowest BCUT2D eigenvalue weighted by atomic mass is 9.89. The molecular formula is C16H19N3O2S. The second-order valence-corrected chi connectivity index (χ2v) is 6.52. The number of amides is 1. The van der Waals surface area contributed by atoms with Gasteiger partial charge in [-0.1, -0.05) is 43.2 Å². The van der Waals surface area contributed by atoms with Crippen molar-refractivity contribution in [2.45, 2.75) is 49.0 Å². The Morgan fingerprint density at radius 2 is 1.91 bits per heavy atom. The third-order valence-electron chi connectivity index (χ3n) is 3.98. The molecule has 1 aromatic heterocycles. The Labute approximate surface area is 133 Å². The number of hydrogen-bond acceptors (Lipinski definition) is 5. The van der Waals surface area contributed by atoms with E-state index >= 15 is 0 Å². The minimum atomic E-state index is -0.409. The molecule has 1 aliphatic carbocycles. The van der Waals surface area contributed by atoms with Crippen LogP contribution in [-0.4, -0.2) is 16.1 Å². The fourth-order valence-electron chi connectivity index (χ4n) is 2.70. The molecule has 22 heavy (non-hydrogen) atoms. The Morgan fingerprint density at radius 3 is 2.59 bits per heavy atom. The normalized spacial score (nSPS) is 15.8. The first kappa shape index (κ1) is 15.1. The van der Waals surface area contributed by atoms with E-state index in [0.717, 1.165) is 30.0 Å². The molecule has 0 bridgehead atoms. The van der Waals surface area contributed by atoms with Gasteiger partial charge in [0.25, 0.3) is 5.22 Å². The Morgan fingerprint density at radius 1 is 1.18 bits per heavy atom. The maximum atomic E-state index is 11.0. The van der Waals surface area contributed by atoms with Crippen molar-refractivity contribution >= 4 is 17.7 Å². The second-order valence-electron chi connectivity index (χ2n) is 5.59. The topological polar surface area (TPSA) is 82.0 Å². The summed E-state index contributed by atoms with van der Waals surface area (Å²) in [5, 5.41) is 8.93. The average molecular weight is 317 g/mol. The highest BCUT2D eigenvalue weighted by atomic mass is 32.2. The van der Waals surface area contributed by atoms with Gasteiger partial charge in [0.1, 0.15) is 0 Å². The lowest BCUT2D eigenvalue weighted by molar-refractivity contribution is 0.100. The van der Waals surface area contributed by atoms with Gasteiger partial charge >= 0.3 is 0 Å². The number of thioether (sulfide) groups is 1. The summed E-state index contributed by atoms with van der Waals surface area (Å²) in [6.07, 6.45) is 6.12. The summed E-state index contributed by atoms with van der Waals surface area (Å²) in [4.78, 5) is 11.0. The van der Waals surface area contributed by atoms with E-state index in [1.165, 1.54) is 31.0 Å². The smallest absolute Gasteiger partial charge is 0.276 e. The molecule has 1 aliphatic rings. The van der Waals surface area contributed by atoms with Gasteiger partial charge in [0.05, 0.1) is 0 Å². The summed E-state index contributed by atoms with van der Waals surface area (Å²) >= 11 is 1.52. The molecule has 2 N–H and O–H groups in total. The second kappa shape index (κ2) is 6.96. The summed E-state index contributed by atoms with van der Waals surface area (Å²) in [6, 6.07) is 7.26. The molecule has 0 radical (unpaired) electrons.